The fraction of sp³-hybridized carbons (Fsp3) is 0.625. The highest BCUT2D eigenvalue weighted by Gasteiger charge is 2.43. The summed E-state index contributed by atoms with van der Waals surface area (Å²) in [6.45, 7) is 3.20. The van der Waals surface area contributed by atoms with Crippen molar-refractivity contribution in [1.82, 2.24) is 0 Å². The topological polar surface area (TPSA) is 66.6 Å². The quantitative estimate of drug-likeness (QED) is 0.671. The molecule has 0 bridgehead atoms. The Balaban J connectivity index is 1.89. The molecule has 2 atom stereocenters. The van der Waals surface area contributed by atoms with Crippen LogP contribution in [-0.4, -0.2) is 28.7 Å². The lowest BCUT2D eigenvalue weighted by Crippen LogP contribution is -2.53. The lowest BCUT2D eigenvalue weighted by molar-refractivity contribution is -0.384. The minimum absolute atomic E-state index is 0.207. The number of anilines is 1. The molecule has 1 aliphatic heterocycles. The molecule has 0 amide bonds. The average molecular weight is 290 g/mol. The molecule has 2 fully saturated rings. The summed E-state index contributed by atoms with van der Waals surface area (Å²) >= 11 is 0. The van der Waals surface area contributed by atoms with Crippen molar-refractivity contribution in [2.45, 2.75) is 44.6 Å². The number of aryl methyl sites for hydroxylation is 1. The standard InChI is InChI=1S/C16H22N2O3/c1-12-5-4-7-14(15(12)18(20)21)17-10-9-16(19)8-3-2-6-13(16)11-17/h4-5,7,13,19H,2-3,6,8-11H2,1H3. The summed E-state index contributed by atoms with van der Waals surface area (Å²) in [5.74, 6) is 0.236. The molecule has 0 spiro atoms. The molecule has 1 heterocycles. The van der Waals surface area contributed by atoms with Crippen LogP contribution in [0, 0.1) is 23.0 Å². The summed E-state index contributed by atoms with van der Waals surface area (Å²) in [4.78, 5) is 13.2. The zero-order valence-corrected chi connectivity index (χ0v) is 12.4. The number of hydrogen-bond acceptors (Lipinski definition) is 4. The van der Waals surface area contributed by atoms with Crippen molar-refractivity contribution in [2.24, 2.45) is 5.92 Å². The Hall–Kier alpha value is -1.62. The van der Waals surface area contributed by atoms with Crippen molar-refractivity contribution in [3.05, 3.63) is 33.9 Å². The van der Waals surface area contributed by atoms with Crippen LogP contribution < -0.4 is 4.90 Å². The normalized spacial score (nSPS) is 29.0. The van der Waals surface area contributed by atoms with Crippen LogP contribution >= 0.6 is 0 Å². The van der Waals surface area contributed by atoms with E-state index in [-0.39, 0.29) is 16.5 Å². The van der Waals surface area contributed by atoms with E-state index >= 15 is 0 Å². The molecular formula is C16H22N2O3. The molecule has 1 N–H and O–H groups in total. The van der Waals surface area contributed by atoms with Gasteiger partial charge in [0.25, 0.3) is 5.69 Å². The van der Waals surface area contributed by atoms with E-state index in [0.717, 1.165) is 32.2 Å². The van der Waals surface area contributed by atoms with Crippen LogP contribution in [-0.2, 0) is 0 Å². The third kappa shape index (κ3) is 2.50. The Morgan fingerprint density at radius 2 is 2.19 bits per heavy atom. The molecule has 21 heavy (non-hydrogen) atoms. The van der Waals surface area contributed by atoms with Crippen LogP contribution in [0.2, 0.25) is 0 Å². The fourth-order valence-corrected chi connectivity index (χ4v) is 3.93. The molecule has 1 aromatic rings. The number of nitro benzene ring substituents is 1. The van der Waals surface area contributed by atoms with Crippen LogP contribution in [0.25, 0.3) is 0 Å². The maximum Gasteiger partial charge on any atom is 0.295 e. The second kappa shape index (κ2) is 5.30. The summed E-state index contributed by atoms with van der Waals surface area (Å²) < 4.78 is 0. The zero-order chi connectivity index (χ0) is 15.0. The molecule has 1 saturated heterocycles. The van der Waals surface area contributed by atoms with E-state index in [1.807, 2.05) is 12.1 Å². The second-order valence-electron chi connectivity index (χ2n) is 6.44. The highest BCUT2D eigenvalue weighted by atomic mass is 16.6. The van der Waals surface area contributed by atoms with Gasteiger partial charge in [0.1, 0.15) is 5.69 Å². The third-order valence-corrected chi connectivity index (χ3v) is 5.17. The van der Waals surface area contributed by atoms with Gasteiger partial charge in [-0.2, -0.15) is 0 Å². The maximum absolute atomic E-state index is 11.4. The number of rotatable bonds is 2. The van der Waals surface area contributed by atoms with E-state index in [1.54, 1.807) is 13.0 Å². The van der Waals surface area contributed by atoms with Crippen molar-refractivity contribution >= 4 is 11.4 Å². The van der Waals surface area contributed by atoms with Gasteiger partial charge in [-0.3, -0.25) is 10.1 Å². The van der Waals surface area contributed by atoms with Gasteiger partial charge in [-0.05, 0) is 32.3 Å². The number of nitrogens with zero attached hydrogens (tertiary/aromatic N) is 2. The van der Waals surface area contributed by atoms with E-state index < -0.39 is 5.60 Å². The molecule has 5 nitrogen and oxygen atoms in total. The van der Waals surface area contributed by atoms with Gasteiger partial charge in [-0.25, -0.2) is 0 Å². The van der Waals surface area contributed by atoms with Crippen molar-refractivity contribution in [3.63, 3.8) is 0 Å². The molecule has 0 aromatic heterocycles. The first kappa shape index (κ1) is 14.3. The van der Waals surface area contributed by atoms with Crippen molar-refractivity contribution < 1.29 is 10.0 Å². The molecular weight excluding hydrogens is 268 g/mol. The number of para-hydroxylation sites is 1. The van der Waals surface area contributed by atoms with E-state index in [2.05, 4.69) is 4.90 Å². The van der Waals surface area contributed by atoms with Gasteiger partial charge < -0.3 is 10.0 Å². The Morgan fingerprint density at radius 1 is 1.38 bits per heavy atom. The first-order chi connectivity index (χ1) is 10.0. The predicted octanol–water partition coefficient (Wildman–Crippen LogP) is 3.03. The van der Waals surface area contributed by atoms with E-state index in [9.17, 15) is 15.2 Å². The first-order valence-corrected chi connectivity index (χ1v) is 7.72. The number of fused-ring (bicyclic) bond motifs is 1. The van der Waals surface area contributed by atoms with Gasteiger partial charge in [0.15, 0.2) is 0 Å². The molecule has 2 unspecified atom stereocenters. The largest absolute Gasteiger partial charge is 0.389 e. The van der Waals surface area contributed by atoms with Gasteiger partial charge in [0, 0.05) is 24.6 Å². The van der Waals surface area contributed by atoms with E-state index in [4.69, 9.17) is 0 Å². The molecule has 1 aromatic carbocycles. The Morgan fingerprint density at radius 3 is 2.95 bits per heavy atom. The van der Waals surface area contributed by atoms with Gasteiger partial charge in [0.2, 0.25) is 0 Å². The lowest BCUT2D eigenvalue weighted by Gasteiger charge is -2.48. The number of aliphatic hydroxyl groups is 1. The minimum Gasteiger partial charge on any atom is -0.389 e. The molecule has 5 heteroatoms. The smallest absolute Gasteiger partial charge is 0.295 e. The van der Waals surface area contributed by atoms with Crippen LogP contribution in [0.3, 0.4) is 0 Å². The van der Waals surface area contributed by atoms with Gasteiger partial charge in [-0.15, -0.1) is 0 Å². The highest BCUT2D eigenvalue weighted by molar-refractivity contribution is 5.67. The lowest BCUT2D eigenvalue weighted by atomic mass is 9.71. The van der Waals surface area contributed by atoms with E-state index in [0.29, 0.717) is 24.2 Å². The first-order valence-electron chi connectivity index (χ1n) is 7.72. The number of piperidine rings is 1. The summed E-state index contributed by atoms with van der Waals surface area (Å²) in [5.41, 5.74) is 1.06. The monoisotopic (exact) mass is 290 g/mol. The van der Waals surface area contributed by atoms with Crippen LogP contribution in [0.4, 0.5) is 11.4 Å². The van der Waals surface area contributed by atoms with Gasteiger partial charge in [0.05, 0.1) is 10.5 Å². The Labute approximate surface area is 124 Å². The second-order valence-corrected chi connectivity index (χ2v) is 6.44. The molecule has 114 valence electrons. The zero-order valence-electron chi connectivity index (χ0n) is 12.4. The van der Waals surface area contributed by atoms with Crippen molar-refractivity contribution in [2.75, 3.05) is 18.0 Å². The van der Waals surface area contributed by atoms with Crippen molar-refractivity contribution in [3.8, 4) is 0 Å². The third-order valence-electron chi connectivity index (χ3n) is 5.17. The molecule has 3 rings (SSSR count). The Kier molecular flexibility index (Phi) is 3.61. The maximum atomic E-state index is 11.4. The van der Waals surface area contributed by atoms with Crippen LogP contribution in [0.1, 0.15) is 37.7 Å². The molecule has 1 aliphatic carbocycles. The molecule has 0 radical (unpaired) electrons. The Bertz CT molecular complexity index is 560. The number of nitro groups is 1. The highest BCUT2D eigenvalue weighted by Crippen LogP contribution is 2.42. The van der Waals surface area contributed by atoms with Gasteiger partial charge in [-0.1, -0.05) is 25.0 Å². The van der Waals surface area contributed by atoms with Crippen LogP contribution in [0.15, 0.2) is 18.2 Å². The average Bonchev–Trinajstić information content (AvgIpc) is 2.45. The molecule has 1 saturated carbocycles. The predicted molar refractivity (Wildman–Crippen MR) is 81.6 cm³/mol. The van der Waals surface area contributed by atoms with Crippen LogP contribution in [0.5, 0.6) is 0 Å². The fourth-order valence-electron chi connectivity index (χ4n) is 3.93. The minimum atomic E-state index is -0.548. The van der Waals surface area contributed by atoms with Gasteiger partial charge >= 0.3 is 0 Å². The summed E-state index contributed by atoms with van der Waals surface area (Å²) in [6.07, 6.45) is 4.85. The van der Waals surface area contributed by atoms with E-state index in [1.165, 1.54) is 0 Å². The summed E-state index contributed by atoms with van der Waals surface area (Å²) in [6, 6.07) is 5.49. The number of benzene rings is 1. The summed E-state index contributed by atoms with van der Waals surface area (Å²) in [5, 5.41) is 22.1. The van der Waals surface area contributed by atoms with Crippen molar-refractivity contribution in [1.29, 1.82) is 0 Å². The molecule has 2 aliphatic rings. The summed E-state index contributed by atoms with van der Waals surface area (Å²) in [7, 11) is 0. The number of hydrogen-bond donors (Lipinski definition) is 1. The SMILES string of the molecule is Cc1cccc(N2CCC3(O)CCCCC3C2)c1[N+](=O)[O-].